The number of nitrogens with zero attached hydrogens (tertiary/aromatic N) is 1. The van der Waals surface area contributed by atoms with Gasteiger partial charge in [-0.15, -0.1) is 0 Å². The number of carbonyl (C=O) groups excluding carboxylic acids is 3. The molecule has 2 amide bonds. The van der Waals surface area contributed by atoms with E-state index < -0.39 is 11.9 Å². The summed E-state index contributed by atoms with van der Waals surface area (Å²) in [5.74, 6) is -1.11. The average Bonchev–Trinajstić information content (AvgIpc) is 3.25. The molecule has 8 nitrogen and oxygen atoms in total. The van der Waals surface area contributed by atoms with Crippen LogP contribution >= 0.6 is 11.6 Å². The number of carbonyl (C=O) groups is 3. The van der Waals surface area contributed by atoms with Crippen LogP contribution in [0.25, 0.3) is 0 Å². The molecule has 0 saturated heterocycles. The molecular weight excluding hydrogens is 410 g/mol. The van der Waals surface area contributed by atoms with Crippen molar-refractivity contribution in [2.45, 2.75) is 6.92 Å². The van der Waals surface area contributed by atoms with Gasteiger partial charge in [-0.25, -0.2) is 10.2 Å². The van der Waals surface area contributed by atoms with Gasteiger partial charge in [0.25, 0.3) is 5.91 Å². The van der Waals surface area contributed by atoms with Crippen molar-refractivity contribution in [1.29, 1.82) is 0 Å². The third-order valence-corrected chi connectivity index (χ3v) is 3.97. The summed E-state index contributed by atoms with van der Waals surface area (Å²) in [6.07, 6.45) is 2.67. The molecule has 0 bridgehead atoms. The third kappa shape index (κ3) is 5.55. The second kappa shape index (κ2) is 9.53. The number of hydrogen-bond acceptors (Lipinski definition) is 6. The van der Waals surface area contributed by atoms with Crippen molar-refractivity contribution in [3.63, 3.8) is 0 Å². The van der Waals surface area contributed by atoms with Gasteiger partial charge >= 0.3 is 5.97 Å². The first-order chi connectivity index (χ1) is 14.4. The van der Waals surface area contributed by atoms with Gasteiger partial charge in [-0.1, -0.05) is 11.6 Å². The van der Waals surface area contributed by atoms with E-state index in [0.717, 1.165) is 0 Å². The molecule has 0 fully saturated rings. The quantitative estimate of drug-likeness (QED) is 0.269. The van der Waals surface area contributed by atoms with Crippen molar-refractivity contribution in [2.24, 2.45) is 5.10 Å². The highest BCUT2D eigenvalue weighted by Gasteiger charge is 2.14. The Bertz CT molecular complexity index is 1090. The van der Waals surface area contributed by atoms with Crippen LogP contribution in [0.4, 0.5) is 5.69 Å². The topological polar surface area (TPSA) is 110 Å². The molecule has 2 aromatic carbocycles. The van der Waals surface area contributed by atoms with E-state index in [1.165, 1.54) is 37.6 Å². The lowest BCUT2D eigenvalue weighted by molar-refractivity contribution is -0.114. The maximum atomic E-state index is 12.2. The number of hydrogen-bond donors (Lipinski definition) is 2. The van der Waals surface area contributed by atoms with Crippen molar-refractivity contribution in [2.75, 3.05) is 5.32 Å². The normalized spacial score (nSPS) is 10.6. The van der Waals surface area contributed by atoms with E-state index in [9.17, 15) is 14.4 Å². The summed E-state index contributed by atoms with van der Waals surface area (Å²) >= 11 is 6.00. The second-order valence-electron chi connectivity index (χ2n) is 6.01. The van der Waals surface area contributed by atoms with Crippen molar-refractivity contribution < 1.29 is 23.5 Å². The minimum Gasteiger partial charge on any atom is -0.457 e. The molecule has 0 spiro atoms. The molecule has 1 aromatic heterocycles. The Morgan fingerprint density at radius 1 is 1.10 bits per heavy atom. The molecule has 30 heavy (non-hydrogen) atoms. The number of ether oxygens (including phenoxy) is 1. The van der Waals surface area contributed by atoms with Crippen molar-refractivity contribution in [1.82, 2.24) is 5.43 Å². The van der Waals surface area contributed by atoms with E-state index in [4.69, 9.17) is 20.8 Å². The van der Waals surface area contributed by atoms with Crippen LogP contribution in [0.15, 0.2) is 70.4 Å². The van der Waals surface area contributed by atoms with Crippen molar-refractivity contribution in [3.05, 3.63) is 82.8 Å². The second-order valence-corrected chi connectivity index (χ2v) is 6.44. The van der Waals surface area contributed by atoms with Crippen LogP contribution in [-0.4, -0.2) is 24.0 Å². The lowest BCUT2D eigenvalue weighted by Gasteiger charge is -2.07. The standard InChI is InChI=1S/C21H16ClN3O5/c1-13(26)24-17-7-4-14(5-8-17)20(27)25-23-12-15-11-16(22)6-9-18(15)30-21(28)19-3-2-10-29-19/h2-12H,1H3,(H,24,26)(H,25,27)/b23-12+. The van der Waals surface area contributed by atoms with Crippen LogP contribution in [0.1, 0.15) is 33.4 Å². The first-order valence-electron chi connectivity index (χ1n) is 8.68. The van der Waals surface area contributed by atoms with E-state index in [1.54, 1.807) is 36.4 Å². The number of amides is 2. The first-order valence-corrected chi connectivity index (χ1v) is 9.06. The number of benzene rings is 2. The molecular formula is C21H16ClN3O5. The zero-order chi connectivity index (χ0) is 21.5. The predicted octanol–water partition coefficient (Wildman–Crippen LogP) is 3.87. The van der Waals surface area contributed by atoms with Gasteiger partial charge in [-0.2, -0.15) is 5.10 Å². The molecule has 0 aliphatic rings. The Kier molecular flexibility index (Phi) is 6.61. The van der Waals surface area contributed by atoms with Crippen molar-refractivity contribution in [3.8, 4) is 5.75 Å². The van der Waals surface area contributed by atoms with Crippen LogP contribution in [-0.2, 0) is 4.79 Å². The third-order valence-electron chi connectivity index (χ3n) is 3.73. The van der Waals surface area contributed by atoms with Gasteiger partial charge in [-0.05, 0) is 54.6 Å². The van der Waals surface area contributed by atoms with Gasteiger partial charge in [0.05, 0.1) is 12.5 Å². The van der Waals surface area contributed by atoms with E-state index in [-0.39, 0.29) is 17.4 Å². The number of nitrogens with one attached hydrogen (secondary N) is 2. The van der Waals surface area contributed by atoms with Crippen LogP contribution < -0.4 is 15.5 Å². The summed E-state index contributed by atoms with van der Waals surface area (Å²) < 4.78 is 10.3. The number of hydrazone groups is 1. The number of halogens is 1. The Hall–Kier alpha value is -3.91. The van der Waals surface area contributed by atoms with Crippen LogP contribution in [0.2, 0.25) is 5.02 Å². The summed E-state index contributed by atoms with van der Waals surface area (Å²) in [5, 5.41) is 6.90. The fourth-order valence-corrected chi connectivity index (χ4v) is 2.57. The SMILES string of the molecule is CC(=O)Nc1ccc(C(=O)N/N=C/c2cc(Cl)ccc2OC(=O)c2ccco2)cc1. The van der Waals surface area contributed by atoms with Crippen molar-refractivity contribution >= 4 is 41.3 Å². The van der Waals surface area contributed by atoms with Crippen LogP contribution in [0, 0.1) is 0 Å². The highest BCUT2D eigenvalue weighted by molar-refractivity contribution is 6.31. The monoisotopic (exact) mass is 425 g/mol. The molecule has 0 atom stereocenters. The first kappa shape index (κ1) is 20.8. The van der Waals surface area contributed by atoms with Gasteiger partial charge in [0.2, 0.25) is 11.7 Å². The summed E-state index contributed by atoms with van der Waals surface area (Å²) in [7, 11) is 0. The molecule has 3 aromatic rings. The van der Waals surface area contributed by atoms with Gasteiger partial charge < -0.3 is 14.5 Å². The molecule has 0 saturated carbocycles. The molecule has 9 heteroatoms. The van der Waals surface area contributed by atoms with E-state index >= 15 is 0 Å². The smallest absolute Gasteiger partial charge is 0.379 e. The van der Waals surface area contributed by atoms with Gasteiger partial charge in [0, 0.05) is 28.8 Å². The van der Waals surface area contributed by atoms with E-state index in [0.29, 0.717) is 21.8 Å². The van der Waals surface area contributed by atoms with Gasteiger partial charge in [-0.3, -0.25) is 9.59 Å². The Balaban J connectivity index is 1.68. The maximum absolute atomic E-state index is 12.2. The van der Waals surface area contributed by atoms with Gasteiger partial charge in [0.1, 0.15) is 5.75 Å². The zero-order valence-electron chi connectivity index (χ0n) is 15.7. The van der Waals surface area contributed by atoms with E-state index in [1.807, 2.05) is 0 Å². The minimum absolute atomic E-state index is 0.0452. The summed E-state index contributed by atoms with van der Waals surface area (Å²) in [6, 6.07) is 13.9. The Labute approximate surface area is 176 Å². The highest BCUT2D eigenvalue weighted by atomic mass is 35.5. The van der Waals surface area contributed by atoms with E-state index in [2.05, 4.69) is 15.8 Å². The van der Waals surface area contributed by atoms with Crippen LogP contribution in [0.5, 0.6) is 5.75 Å². The number of anilines is 1. The van der Waals surface area contributed by atoms with Gasteiger partial charge in [0.15, 0.2) is 0 Å². The minimum atomic E-state index is -0.680. The number of furan rings is 1. The zero-order valence-corrected chi connectivity index (χ0v) is 16.5. The average molecular weight is 426 g/mol. The fraction of sp³-hybridized carbons (Fsp3) is 0.0476. The van der Waals surface area contributed by atoms with Crippen LogP contribution in [0.3, 0.4) is 0 Å². The molecule has 152 valence electrons. The molecule has 0 radical (unpaired) electrons. The largest absolute Gasteiger partial charge is 0.457 e. The summed E-state index contributed by atoms with van der Waals surface area (Å²) in [6.45, 7) is 1.39. The maximum Gasteiger partial charge on any atom is 0.379 e. The molecule has 2 N–H and O–H groups in total. The molecule has 1 heterocycles. The fourth-order valence-electron chi connectivity index (χ4n) is 2.39. The predicted molar refractivity (Wildman–Crippen MR) is 111 cm³/mol. The highest BCUT2D eigenvalue weighted by Crippen LogP contribution is 2.22. The summed E-state index contributed by atoms with van der Waals surface area (Å²) in [4.78, 5) is 35.3. The molecule has 3 rings (SSSR count). The Morgan fingerprint density at radius 2 is 1.87 bits per heavy atom. The summed E-state index contributed by atoms with van der Waals surface area (Å²) in [5.41, 5.74) is 3.67. The lowest BCUT2D eigenvalue weighted by Crippen LogP contribution is -2.18. The molecule has 0 unspecified atom stereocenters. The molecule has 0 aliphatic carbocycles. The number of rotatable bonds is 6. The lowest BCUT2D eigenvalue weighted by atomic mass is 10.2. The molecule has 0 aliphatic heterocycles. The number of esters is 1. The Morgan fingerprint density at radius 3 is 2.53 bits per heavy atom.